The summed E-state index contributed by atoms with van der Waals surface area (Å²) in [5, 5.41) is 403. The first kappa shape index (κ1) is 124. The lowest BCUT2D eigenvalue weighted by Gasteiger charge is -2.53. The quantitative estimate of drug-likeness (QED) is 0.0252. The lowest BCUT2D eigenvalue weighted by Crippen LogP contribution is -2.72. The Morgan fingerprint density at radius 1 is 0.367 bits per heavy atom. The number of carbonyl (C=O) groups excluding carboxylic acids is 3. The van der Waals surface area contributed by atoms with Crippen molar-refractivity contribution in [3.8, 4) is 0 Å². The van der Waals surface area contributed by atoms with Gasteiger partial charge in [0.15, 0.2) is 44.0 Å². The van der Waals surface area contributed by atoms with E-state index in [1.54, 1.807) is 0 Å². The van der Waals surface area contributed by atoms with Gasteiger partial charge < -0.3 is 295 Å². The largest absolute Gasteiger partial charge is 0.477 e. The van der Waals surface area contributed by atoms with E-state index in [-0.39, 0.29) is 0 Å². The summed E-state index contributed by atoms with van der Waals surface area (Å²) in [6, 6.07) is -6.32. The summed E-state index contributed by atoms with van der Waals surface area (Å²) < 4.78 is 137. The predicted octanol–water partition coefficient (Wildman–Crippen LogP) is -25.3. The van der Waals surface area contributed by atoms with Gasteiger partial charge in [-0.2, -0.15) is 0 Å². The zero-order valence-corrected chi connectivity index (χ0v) is 78.5. The summed E-state index contributed by atoms with van der Waals surface area (Å²) in [6.07, 6.45) is -128. The Hall–Kier alpha value is -5.15. The van der Waals surface area contributed by atoms with Gasteiger partial charge in [-0.15, -0.1) is 0 Å². The lowest BCUT2D eigenvalue weighted by molar-refractivity contribution is -0.423. The van der Waals surface area contributed by atoms with Crippen LogP contribution in [0.25, 0.3) is 0 Å². The van der Waals surface area contributed by atoms with Gasteiger partial charge in [0.1, 0.15) is 238 Å². The van der Waals surface area contributed by atoms with Crippen LogP contribution in [-0.2, 0) is 132 Å². The van der Waals surface area contributed by atoms with E-state index >= 15 is 0 Å². The highest BCUT2D eigenvalue weighted by atomic mass is 31.2. The van der Waals surface area contributed by atoms with Crippen molar-refractivity contribution in [2.24, 2.45) is 5.73 Å². The summed E-state index contributed by atoms with van der Waals surface area (Å²) in [6.45, 7) is -13.4. The number of nitrogens with one attached hydrogen (secondary N) is 3. The molecule has 10 heterocycles. The van der Waals surface area contributed by atoms with Crippen LogP contribution in [0.5, 0.6) is 0 Å². The molecule has 10 saturated heterocycles. The molecule has 0 aliphatic carbocycles. The van der Waals surface area contributed by atoms with E-state index < -0.39 is 472 Å². The summed E-state index contributed by atoms with van der Waals surface area (Å²) in [4.78, 5) is 89.6. The molecule has 10 aliphatic rings. The molecule has 0 spiro atoms. The number of carbonyl (C=O) groups is 6. The van der Waals surface area contributed by atoms with E-state index in [1.807, 2.05) is 0 Å². The maximum Gasteiger partial charge on any atom is 0.472 e. The highest BCUT2D eigenvalue weighted by Crippen LogP contribution is 2.50. The molecule has 68 nitrogen and oxygen atoms in total. The summed E-state index contributed by atoms with van der Waals surface area (Å²) in [5.41, 5.74) is 5.52. The molecule has 10 rings (SSSR count). The van der Waals surface area contributed by atoms with Gasteiger partial charge in [-0.25, -0.2) is 18.9 Å². The maximum atomic E-state index is 14.0. The van der Waals surface area contributed by atoms with E-state index in [2.05, 4.69) is 16.0 Å². The number of amides is 3. The third-order valence-electron chi connectivity index (χ3n) is 25.9. The van der Waals surface area contributed by atoms with Gasteiger partial charge in [-0.1, -0.05) is 0 Å². The van der Waals surface area contributed by atoms with E-state index in [4.69, 9.17) is 105 Å². The Labute approximate surface area is 827 Å². The van der Waals surface area contributed by atoms with Crippen molar-refractivity contribution in [3.05, 3.63) is 0 Å². The third kappa shape index (κ3) is 27.4. The highest BCUT2D eigenvalue weighted by Gasteiger charge is 2.68. The minimum Gasteiger partial charge on any atom is -0.477 e. The Bertz CT molecular complexity index is 4240. The zero-order chi connectivity index (χ0) is 109. The second-order valence-corrected chi connectivity index (χ2v) is 37.6. The Morgan fingerprint density at radius 3 is 1.22 bits per heavy atom. The lowest BCUT2D eigenvalue weighted by atomic mass is 9.87. The smallest absolute Gasteiger partial charge is 0.472 e. The number of aliphatic carboxylic acids is 3. The average molecular weight is 2180 g/mol. The Kier molecular flexibility index (Phi) is 44.3. The number of aliphatic hydroxyl groups is 32. The number of ether oxygens (including phenoxy) is 19. The van der Waals surface area contributed by atoms with Crippen molar-refractivity contribution in [1.29, 1.82) is 0 Å². The van der Waals surface area contributed by atoms with Crippen LogP contribution < -0.4 is 21.7 Å². The number of nitrogens with two attached hydrogens (primary N) is 1. The normalized spacial score (nSPS) is 45.3. The molecule has 41 N–H and O–H groups in total. The first-order valence-electron chi connectivity index (χ1n) is 45.6. The van der Waals surface area contributed by atoms with E-state index in [9.17, 15) is 217 Å². The van der Waals surface area contributed by atoms with Crippen LogP contribution in [0, 0.1) is 0 Å². The number of carboxylic acid groups (broad SMARTS) is 3. The van der Waals surface area contributed by atoms with Crippen LogP contribution in [0.3, 0.4) is 0 Å². The number of phosphoric acid groups is 1. The molecular weight excluding hydrogens is 2050 g/mol. The maximum absolute atomic E-state index is 14.0. The molecule has 0 aromatic heterocycles. The van der Waals surface area contributed by atoms with Crippen molar-refractivity contribution >= 4 is 43.5 Å². The molecule has 0 bridgehead atoms. The van der Waals surface area contributed by atoms with Crippen LogP contribution >= 0.6 is 7.82 Å². The molecule has 0 radical (unpaired) electrons. The topological polar surface area (TPSA) is 1100 Å². The molecule has 10 fully saturated rings. The number of aliphatic hydroxyl groups excluding tert-OH is 31. The fourth-order valence-corrected chi connectivity index (χ4v) is 19.3. The van der Waals surface area contributed by atoms with Gasteiger partial charge in [0, 0.05) is 46.6 Å². The van der Waals surface area contributed by atoms with Crippen LogP contribution in [0.4, 0.5) is 0 Å². The van der Waals surface area contributed by atoms with Crippen LogP contribution in [-0.4, -0.2) is 628 Å². The monoisotopic (exact) mass is 2180 g/mol. The number of rotatable bonds is 46. The van der Waals surface area contributed by atoms with Gasteiger partial charge >= 0.3 is 25.7 Å². The van der Waals surface area contributed by atoms with Crippen molar-refractivity contribution in [1.82, 2.24) is 16.0 Å². The number of carboxylic acids is 3. The SMILES string of the molecule is CC(=O)N[C@H]1[C@H](O[C@H]2[C@@H](O)[C@@H](CO)O[C@@H](O[C@@H]3[C@@H](O)[C@H]([C@H](O)CO)O[C@@H](O[C@H]4[C@@H](O)[C@H](O[C@H]5[C@@H]([C@H](O)CO)O[C@@](O)(C(=O)O)C[C@H]5O)O[C@@H]([C@@H](CO)OP(=O)(O)OCCN)[C@@H]4O[C@@H]4O[C@H](CO)[C@@H](O)[C@H](O)[C@H]4O)[C@@H]3O[C@@H]3O[C@H](CO)[C@@H](O)[C@H](O)[C@H]3O)[C@@H]2O)O[C@H](CO)[C@H](O)[C@@H]1O[C@@H]1O[C@H](CO)[C@H](O)[C@H](O[C@]2(C(=O)O)C[C@H](O)[C@@H](NC(C)=O)[C@H]([C@H](O)[C@@H](CO)O[C@]3(C(=O)O)C[C@H](O)[C@@H](NC(C)=O)[C@H]([C@H](O)[C@H](O)CO)O3)O2)[C@H]1O. The fraction of sp³-hybridized carbons (Fsp3) is 0.923. The highest BCUT2D eigenvalue weighted by molar-refractivity contribution is 7.47. The second-order valence-electron chi connectivity index (χ2n) is 36.2. The number of phosphoric ester groups is 1. The van der Waals surface area contributed by atoms with Gasteiger partial charge in [0.2, 0.25) is 17.7 Å². The zero-order valence-electron chi connectivity index (χ0n) is 77.6. The molecule has 3 amide bonds. The molecule has 10 aliphatic heterocycles. The molecule has 0 aromatic rings. The average Bonchev–Trinajstić information content (AvgIpc) is 0.744. The molecule has 147 heavy (non-hydrogen) atoms. The molecule has 69 heteroatoms. The van der Waals surface area contributed by atoms with Crippen molar-refractivity contribution in [2.75, 3.05) is 79.2 Å². The first-order chi connectivity index (χ1) is 69.0. The fourth-order valence-electron chi connectivity index (χ4n) is 18.4. The van der Waals surface area contributed by atoms with Gasteiger partial charge in [0.25, 0.3) is 17.4 Å². The minimum atomic E-state index is -5.73. The predicted molar refractivity (Wildman–Crippen MR) is 446 cm³/mol. The number of hydrogen-bond acceptors (Lipinski definition) is 61. The molecular formula is C78H131N4O64P. The van der Waals surface area contributed by atoms with Crippen LogP contribution in [0.1, 0.15) is 40.0 Å². The molecule has 852 valence electrons. The van der Waals surface area contributed by atoms with E-state index in [0.717, 1.165) is 20.8 Å². The van der Waals surface area contributed by atoms with Gasteiger partial charge in [0.05, 0.1) is 103 Å². The molecule has 0 saturated carbocycles. The molecule has 0 aromatic carbocycles. The van der Waals surface area contributed by atoms with Crippen molar-refractivity contribution in [3.63, 3.8) is 0 Å². The Balaban J connectivity index is 1.03. The number of hydrogen-bond donors (Lipinski definition) is 40. The van der Waals surface area contributed by atoms with Crippen molar-refractivity contribution < 1.29 is 316 Å². The van der Waals surface area contributed by atoms with E-state index in [1.165, 1.54) is 0 Å². The summed E-state index contributed by atoms with van der Waals surface area (Å²) >= 11 is 0. The molecule has 1 unspecified atom stereocenters. The third-order valence-corrected chi connectivity index (χ3v) is 27.0. The summed E-state index contributed by atoms with van der Waals surface area (Å²) in [5.74, 6) is -20.8. The summed E-state index contributed by atoms with van der Waals surface area (Å²) in [7, 11) is -5.73. The van der Waals surface area contributed by atoms with Gasteiger partial charge in [-0.05, 0) is 0 Å². The second kappa shape index (κ2) is 52.6. The van der Waals surface area contributed by atoms with Crippen molar-refractivity contribution in [2.45, 2.75) is 370 Å². The first-order valence-corrected chi connectivity index (χ1v) is 47.1. The van der Waals surface area contributed by atoms with E-state index in [0.29, 0.717) is 0 Å². The minimum absolute atomic E-state index is 0.551. The van der Waals surface area contributed by atoms with Crippen LogP contribution in [0.2, 0.25) is 0 Å². The molecule has 55 atom stereocenters. The standard InChI is InChI=1S/C78H131N4O64P/c1-19(93)80-35-22(96)7-77(74(119)120,143-58(35)38(102)25(99)9-83)141-33(17-91)44(108)59-36(81-20(2)94)23(97)8-78(144-59,75(121)122)145-61-43(107)32(16-90)131-70(51(61)115)135-57-37(82-21(3)95)66(127-30(14-88)41(57)105)136-60-42(106)31(15-89)130-69(50(60)114)137-62-49(113)53(26(100)10-84)132-72(65(62)140-68-48(112)46(110)40(104)29(13-87)129-68)138-63-52(116)71(133-54-24(98)6-76(123,73(117)118)142-55(54)27(101)11-85)134-56(34(18-92)146-147(124,125)126-5-4-79)64(63)139-67-47(111)45(109)39(103)28(12-86)128-67/h22-72,83-92,96-116,123H,4-18,79H2,1-3H3,(H,80,93)(H,81,94)(H,82,95)(H,117,118)(H,119,120)(H,121,122)(H,124,125)/t22-,23-,24+,25+,26+,27+,28+,29+,30+,31+,32+,33+,34+,35+,36+,37+,38+,39+,40+,41-,42-,43-,44+,45-,46-,47+,48+,49-,50+,51+,52+,53-,54+,55+,56-,57+,58+,59+,60-,61-,62+,63-,64-,65+,66-,67-,68-,69-,70-,71+,72-,76+,77+,78-/m0/s1. The Morgan fingerprint density at radius 2 is 0.755 bits per heavy atom. The van der Waals surface area contributed by atoms with Crippen LogP contribution in [0.15, 0.2) is 0 Å². The van der Waals surface area contributed by atoms with Gasteiger partial charge in [-0.3, -0.25) is 23.4 Å².